The molecular weight excluding hydrogens is 288 g/mol. The molecule has 0 aromatic heterocycles. The second-order valence-electron chi connectivity index (χ2n) is 6.94. The van der Waals surface area contributed by atoms with Gasteiger partial charge in [0.1, 0.15) is 0 Å². The van der Waals surface area contributed by atoms with Crippen molar-refractivity contribution in [2.24, 2.45) is 5.73 Å². The quantitative estimate of drug-likeness (QED) is 0.820. The minimum absolute atomic E-state index is 0.0139. The predicted octanol–water partition coefficient (Wildman–Crippen LogP) is 2.52. The molecule has 3 rings (SSSR count). The molecule has 1 fully saturated rings. The highest BCUT2D eigenvalue weighted by molar-refractivity contribution is 5.98. The number of amides is 1. The van der Waals surface area contributed by atoms with Crippen molar-refractivity contribution in [3.63, 3.8) is 0 Å². The molecule has 0 radical (unpaired) electrons. The predicted molar refractivity (Wildman–Crippen MR) is 90.4 cm³/mol. The fraction of sp³-hybridized carbons (Fsp3) is 0.579. The van der Waals surface area contributed by atoms with E-state index in [1.807, 2.05) is 12.1 Å². The summed E-state index contributed by atoms with van der Waals surface area (Å²) in [7, 11) is 0. The van der Waals surface area contributed by atoms with Crippen molar-refractivity contribution in [1.82, 2.24) is 5.32 Å². The van der Waals surface area contributed by atoms with E-state index in [9.17, 15) is 9.59 Å². The van der Waals surface area contributed by atoms with Crippen LogP contribution in [0.2, 0.25) is 0 Å². The molecule has 0 aliphatic heterocycles. The van der Waals surface area contributed by atoms with E-state index in [1.165, 1.54) is 17.5 Å². The number of carbonyl (C=O) groups excluding carboxylic acids is 2. The lowest BCUT2D eigenvalue weighted by Gasteiger charge is -2.26. The van der Waals surface area contributed by atoms with E-state index < -0.39 is 0 Å². The first-order valence-corrected chi connectivity index (χ1v) is 8.82. The molecule has 0 spiro atoms. The minimum Gasteiger partial charge on any atom is -0.353 e. The Morgan fingerprint density at radius 1 is 1.04 bits per heavy atom. The Morgan fingerprint density at radius 2 is 1.78 bits per heavy atom. The average molecular weight is 314 g/mol. The van der Waals surface area contributed by atoms with Crippen LogP contribution >= 0.6 is 0 Å². The second kappa shape index (κ2) is 7.26. The van der Waals surface area contributed by atoms with Gasteiger partial charge in [0.05, 0.1) is 0 Å². The third kappa shape index (κ3) is 4.20. The van der Waals surface area contributed by atoms with E-state index >= 15 is 0 Å². The lowest BCUT2D eigenvalue weighted by molar-refractivity contribution is -0.122. The number of Topliss-reactive ketones (excluding diaryl/α,β-unsaturated/α-hetero) is 1. The number of carbonyl (C=O) groups is 2. The highest BCUT2D eigenvalue weighted by Gasteiger charge is 2.20. The van der Waals surface area contributed by atoms with Gasteiger partial charge < -0.3 is 11.1 Å². The molecule has 124 valence electrons. The van der Waals surface area contributed by atoms with Crippen molar-refractivity contribution in [3.05, 3.63) is 34.9 Å². The van der Waals surface area contributed by atoms with Gasteiger partial charge in [0.25, 0.3) is 0 Å². The van der Waals surface area contributed by atoms with Crippen LogP contribution in [0.15, 0.2) is 18.2 Å². The normalized spacial score (nSPS) is 23.3. The van der Waals surface area contributed by atoms with Gasteiger partial charge in [0, 0.05) is 30.5 Å². The summed E-state index contributed by atoms with van der Waals surface area (Å²) in [6.45, 7) is 0. The Balaban J connectivity index is 1.46. The number of rotatable bonds is 5. The minimum atomic E-state index is -0.0139. The number of nitrogens with two attached hydrogens (primary N) is 1. The summed E-state index contributed by atoms with van der Waals surface area (Å²) >= 11 is 0. The maximum absolute atomic E-state index is 12.3. The molecule has 1 aromatic carbocycles. The summed E-state index contributed by atoms with van der Waals surface area (Å²) in [5, 5.41) is 3.04. The SMILES string of the molecule is NC1CCC(NC(=O)CCC(=O)c2ccc3c(c2)CCC3)CC1. The summed E-state index contributed by atoms with van der Waals surface area (Å²) in [6.07, 6.45) is 7.78. The molecule has 0 bridgehead atoms. The first-order chi connectivity index (χ1) is 11.1. The van der Waals surface area contributed by atoms with E-state index in [-0.39, 0.29) is 36.6 Å². The van der Waals surface area contributed by atoms with E-state index in [2.05, 4.69) is 11.4 Å². The molecule has 4 nitrogen and oxygen atoms in total. The van der Waals surface area contributed by atoms with Crippen LogP contribution in [0.5, 0.6) is 0 Å². The Bertz CT molecular complexity index is 589. The van der Waals surface area contributed by atoms with Crippen LogP contribution in [0.4, 0.5) is 0 Å². The Kier molecular flexibility index (Phi) is 5.11. The molecule has 3 N–H and O–H groups in total. The summed E-state index contributed by atoms with van der Waals surface area (Å²) in [5.74, 6) is 0.0560. The van der Waals surface area contributed by atoms with Crippen molar-refractivity contribution >= 4 is 11.7 Å². The number of hydrogen-bond acceptors (Lipinski definition) is 3. The third-order valence-corrected chi connectivity index (χ3v) is 5.14. The molecule has 0 atom stereocenters. The Labute approximate surface area is 137 Å². The molecule has 1 amide bonds. The molecule has 23 heavy (non-hydrogen) atoms. The first-order valence-electron chi connectivity index (χ1n) is 8.82. The van der Waals surface area contributed by atoms with Gasteiger partial charge >= 0.3 is 0 Å². The zero-order valence-corrected chi connectivity index (χ0v) is 13.6. The third-order valence-electron chi connectivity index (χ3n) is 5.14. The molecule has 0 heterocycles. The molecule has 1 aromatic rings. The van der Waals surface area contributed by atoms with Gasteiger partial charge in [-0.1, -0.05) is 12.1 Å². The van der Waals surface area contributed by atoms with Crippen LogP contribution in [0, 0.1) is 0 Å². The molecular formula is C19H26N2O2. The standard InChI is InChI=1S/C19H26N2O2/c20-16-6-8-17(9-7-16)21-19(23)11-10-18(22)15-5-4-13-2-1-3-14(13)12-15/h4-5,12,16-17H,1-3,6-11,20H2,(H,21,23). The van der Waals surface area contributed by atoms with Gasteiger partial charge in [0.15, 0.2) is 5.78 Å². The van der Waals surface area contributed by atoms with Gasteiger partial charge in [-0.2, -0.15) is 0 Å². The monoisotopic (exact) mass is 314 g/mol. The summed E-state index contributed by atoms with van der Waals surface area (Å²) in [5.41, 5.74) is 9.30. The lowest BCUT2D eigenvalue weighted by atomic mass is 9.91. The van der Waals surface area contributed by atoms with E-state index in [0.717, 1.165) is 44.1 Å². The maximum Gasteiger partial charge on any atom is 0.220 e. The van der Waals surface area contributed by atoms with Crippen LogP contribution in [0.3, 0.4) is 0 Å². The second-order valence-corrected chi connectivity index (χ2v) is 6.94. The fourth-order valence-corrected chi connectivity index (χ4v) is 3.68. The average Bonchev–Trinajstić information content (AvgIpc) is 3.02. The highest BCUT2D eigenvalue weighted by Crippen LogP contribution is 2.23. The zero-order chi connectivity index (χ0) is 16.2. The van der Waals surface area contributed by atoms with Gasteiger partial charge in [-0.15, -0.1) is 0 Å². The number of aryl methyl sites for hydroxylation is 2. The fourth-order valence-electron chi connectivity index (χ4n) is 3.68. The van der Waals surface area contributed by atoms with Crippen molar-refractivity contribution < 1.29 is 9.59 Å². The summed E-state index contributed by atoms with van der Waals surface area (Å²) < 4.78 is 0. The van der Waals surface area contributed by atoms with Crippen LogP contribution in [0.25, 0.3) is 0 Å². The molecule has 2 aliphatic carbocycles. The van der Waals surface area contributed by atoms with Gasteiger partial charge in [-0.3, -0.25) is 9.59 Å². The van der Waals surface area contributed by atoms with Crippen LogP contribution in [-0.2, 0) is 17.6 Å². The largest absolute Gasteiger partial charge is 0.353 e. The highest BCUT2D eigenvalue weighted by atomic mass is 16.2. The number of benzene rings is 1. The van der Waals surface area contributed by atoms with E-state index in [1.54, 1.807) is 0 Å². The molecule has 0 saturated heterocycles. The maximum atomic E-state index is 12.3. The number of ketones is 1. The topological polar surface area (TPSA) is 72.2 Å². The van der Waals surface area contributed by atoms with Crippen LogP contribution in [-0.4, -0.2) is 23.8 Å². The molecule has 0 unspecified atom stereocenters. The van der Waals surface area contributed by atoms with Crippen molar-refractivity contribution in [1.29, 1.82) is 0 Å². The van der Waals surface area contributed by atoms with E-state index in [4.69, 9.17) is 5.73 Å². The molecule has 4 heteroatoms. The number of hydrogen-bond donors (Lipinski definition) is 2. The van der Waals surface area contributed by atoms with Crippen LogP contribution < -0.4 is 11.1 Å². The smallest absolute Gasteiger partial charge is 0.220 e. The zero-order valence-electron chi connectivity index (χ0n) is 13.6. The first kappa shape index (κ1) is 16.2. The van der Waals surface area contributed by atoms with Gasteiger partial charge in [-0.05, 0) is 62.1 Å². The number of nitrogens with one attached hydrogen (secondary N) is 1. The Morgan fingerprint density at radius 3 is 2.57 bits per heavy atom. The van der Waals surface area contributed by atoms with E-state index in [0.29, 0.717) is 0 Å². The van der Waals surface area contributed by atoms with Crippen molar-refractivity contribution in [2.75, 3.05) is 0 Å². The van der Waals surface area contributed by atoms with Crippen molar-refractivity contribution in [3.8, 4) is 0 Å². The summed E-state index contributed by atoms with van der Waals surface area (Å²) in [4.78, 5) is 24.3. The molecule has 2 aliphatic rings. The lowest BCUT2D eigenvalue weighted by Crippen LogP contribution is -2.40. The summed E-state index contributed by atoms with van der Waals surface area (Å²) in [6, 6.07) is 6.51. The number of fused-ring (bicyclic) bond motifs is 1. The van der Waals surface area contributed by atoms with Crippen molar-refractivity contribution in [2.45, 2.75) is 69.9 Å². The van der Waals surface area contributed by atoms with Gasteiger partial charge in [0.2, 0.25) is 5.91 Å². The molecule has 1 saturated carbocycles. The van der Waals surface area contributed by atoms with Crippen LogP contribution in [0.1, 0.15) is 66.4 Å². The van der Waals surface area contributed by atoms with Gasteiger partial charge in [-0.25, -0.2) is 0 Å². The Hall–Kier alpha value is -1.68.